The summed E-state index contributed by atoms with van der Waals surface area (Å²) in [5.74, 6) is 1.77. The number of aliphatic imine (C=N–C) groups is 1. The molecule has 3 atom stereocenters. The van der Waals surface area contributed by atoms with Gasteiger partial charge in [0.25, 0.3) is 0 Å². The standard InChI is InChI=1S/C23H29N3O2/c1-2-24-23(26-21-14-20-12-13-22(21)28-20)25-15-17-8-10-18(11-9-17)16-27-19-6-4-3-5-7-19/h3-11,20-22H,2,12-16H2,1H3,(H2,24,25,26). The van der Waals surface area contributed by atoms with Gasteiger partial charge in [-0.15, -0.1) is 0 Å². The summed E-state index contributed by atoms with van der Waals surface area (Å²) >= 11 is 0. The number of rotatable bonds is 7. The van der Waals surface area contributed by atoms with Crippen molar-refractivity contribution in [3.05, 3.63) is 65.7 Å². The molecule has 3 unspecified atom stereocenters. The van der Waals surface area contributed by atoms with E-state index in [2.05, 4.69) is 41.8 Å². The SMILES string of the molecule is CCNC(=NCc1ccc(COc2ccccc2)cc1)NC1CC2CCC1O2. The molecule has 0 spiro atoms. The van der Waals surface area contributed by atoms with Gasteiger partial charge in [-0.1, -0.05) is 42.5 Å². The highest BCUT2D eigenvalue weighted by Crippen LogP contribution is 2.34. The van der Waals surface area contributed by atoms with E-state index in [9.17, 15) is 0 Å². The number of ether oxygens (including phenoxy) is 2. The van der Waals surface area contributed by atoms with E-state index in [4.69, 9.17) is 14.5 Å². The molecule has 5 heteroatoms. The van der Waals surface area contributed by atoms with E-state index in [1.807, 2.05) is 30.3 Å². The molecule has 4 rings (SSSR count). The maximum Gasteiger partial charge on any atom is 0.191 e. The predicted octanol–water partition coefficient (Wildman–Crippen LogP) is 3.64. The lowest BCUT2D eigenvalue weighted by Crippen LogP contribution is -2.47. The van der Waals surface area contributed by atoms with Crippen molar-refractivity contribution in [1.82, 2.24) is 10.6 Å². The Hall–Kier alpha value is -2.53. The first kappa shape index (κ1) is 18.8. The summed E-state index contributed by atoms with van der Waals surface area (Å²) in [7, 11) is 0. The van der Waals surface area contributed by atoms with Gasteiger partial charge in [0.15, 0.2) is 5.96 Å². The number of hydrogen-bond donors (Lipinski definition) is 2. The number of benzene rings is 2. The van der Waals surface area contributed by atoms with E-state index in [1.165, 1.54) is 12.0 Å². The van der Waals surface area contributed by atoms with Gasteiger partial charge in [-0.05, 0) is 49.4 Å². The lowest BCUT2D eigenvalue weighted by Gasteiger charge is -2.22. The molecule has 2 aliphatic rings. The van der Waals surface area contributed by atoms with Gasteiger partial charge in [0, 0.05) is 6.54 Å². The third kappa shape index (κ3) is 4.84. The van der Waals surface area contributed by atoms with Crippen molar-refractivity contribution in [3.8, 4) is 5.75 Å². The quantitative estimate of drug-likeness (QED) is 0.570. The molecular formula is C23H29N3O2. The van der Waals surface area contributed by atoms with Crippen LogP contribution in [0, 0.1) is 0 Å². The zero-order valence-corrected chi connectivity index (χ0v) is 16.4. The van der Waals surface area contributed by atoms with Gasteiger partial charge in [0.1, 0.15) is 12.4 Å². The van der Waals surface area contributed by atoms with Gasteiger partial charge < -0.3 is 20.1 Å². The number of nitrogens with zero attached hydrogens (tertiary/aromatic N) is 1. The number of guanidine groups is 1. The van der Waals surface area contributed by atoms with E-state index in [0.29, 0.717) is 31.4 Å². The molecule has 0 aliphatic carbocycles. The second-order valence-electron chi connectivity index (χ2n) is 7.47. The summed E-state index contributed by atoms with van der Waals surface area (Å²) in [4.78, 5) is 4.76. The smallest absolute Gasteiger partial charge is 0.191 e. The average Bonchev–Trinajstić information content (AvgIpc) is 3.35. The van der Waals surface area contributed by atoms with Gasteiger partial charge in [0.2, 0.25) is 0 Å². The van der Waals surface area contributed by atoms with Crippen molar-refractivity contribution in [3.63, 3.8) is 0 Å². The van der Waals surface area contributed by atoms with Gasteiger partial charge in [-0.3, -0.25) is 0 Å². The second kappa shape index (κ2) is 9.11. The largest absolute Gasteiger partial charge is 0.489 e. The van der Waals surface area contributed by atoms with Crippen LogP contribution in [0.3, 0.4) is 0 Å². The monoisotopic (exact) mass is 379 g/mol. The van der Waals surface area contributed by atoms with E-state index < -0.39 is 0 Å². The Morgan fingerprint density at radius 2 is 1.86 bits per heavy atom. The van der Waals surface area contributed by atoms with Crippen LogP contribution < -0.4 is 15.4 Å². The molecule has 5 nitrogen and oxygen atoms in total. The molecule has 28 heavy (non-hydrogen) atoms. The van der Waals surface area contributed by atoms with Crippen molar-refractivity contribution >= 4 is 5.96 Å². The van der Waals surface area contributed by atoms with Crippen molar-refractivity contribution < 1.29 is 9.47 Å². The van der Waals surface area contributed by atoms with Crippen LogP contribution in [0.4, 0.5) is 0 Å². The lowest BCUT2D eigenvalue weighted by atomic mass is 9.96. The fourth-order valence-corrected chi connectivity index (χ4v) is 3.88. The molecule has 2 saturated heterocycles. The second-order valence-corrected chi connectivity index (χ2v) is 7.47. The minimum absolute atomic E-state index is 0.345. The normalized spacial score (nSPS) is 23.6. The van der Waals surface area contributed by atoms with Crippen LogP contribution in [0.15, 0.2) is 59.6 Å². The first-order valence-corrected chi connectivity index (χ1v) is 10.3. The molecule has 0 saturated carbocycles. The summed E-state index contributed by atoms with van der Waals surface area (Å²) in [6, 6.07) is 18.7. The van der Waals surface area contributed by atoms with Crippen LogP contribution in [0.25, 0.3) is 0 Å². The van der Waals surface area contributed by atoms with Crippen LogP contribution in [0.2, 0.25) is 0 Å². The molecule has 2 fully saturated rings. The van der Waals surface area contributed by atoms with Gasteiger partial charge in [-0.25, -0.2) is 4.99 Å². The van der Waals surface area contributed by atoms with Crippen LogP contribution in [0.5, 0.6) is 5.75 Å². The third-order valence-electron chi connectivity index (χ3n) is 5.36. The van der Waals surface area contributed by atoms with Crippen molar-refractivity contribution in [2.24, 2.45) is 4.99 Å². The summed E-state index contributed by atoms with van der Waals surface area (Å²) in [6.07, 6.45) is 4.24. The topological polar surface area (TPSA) is 54.9 Å². The van der Waals surface area contributed by atoms with Crippen LogP contribution in [-0.2, 0) is 17.9 Å². The number of para-hydroxylation sites is 1. The minimum atomic E-state index is 0.345. The average molecular weight is 380 g/mol. The summed E-state index contributed by atoms with van der Waals surface area (Å²) in [6.45, 7) is 4.16. The Morgan fingerprint density at radius 1 is 1.07 bits per heavy atom. The Kier molecular flexibility index (Phi) is 6.12. The fourth-order valence-electron chi connectivity index (χ4n) is 3.88. The summed E-state index contributed by atoms with van der Waals surface area (Å²) in [5.41, 5.74) is 2.34. The molecular weight excluding hydrogens is 350 g/mol. The van der Waals surface area contributed by atoms with Crippen molar-refractivity contribution in [1.29, 1.82) is 0 Å². The molecule has 2 bridgehead atoms. The molecule has 2 aromatic carbocycles. The van der Waals surface area contributed by atoms with Crippen molar-refractivity contribution in [2.75, 3.05) is 6.54 Å². The number of nitrogens with one attached hydrogen (secondary N) is 2. The Morgan fingerprint density at radius 3 is 2.54 bits per heavy atom. The molecule has 0 aromatic heterocycles. The Labute approximate surface area is 167 Å². The number of hydrogen-bond acceptors (Lipinski definition) is 3. The summed E-state index contributed by atoms with van der Waals surface area (Å²) < 4.78 is 11.7. The highest BCUT2D eigenvalue weighted by atomic mass is 16.5. The first-order chi connectivity index (χ1) is 13.8. The number of fused-ring (bicyclic) bond motifs is 2. The molecule has 2 heterocycles. The zero-order chi connectivity index (χ0) is 19.2. The maximum atomic E-state index is 5.94. The molecule has 2 aromatic rings. The van der Waals surface area contributed by atoms with E-state index in [-0.39, 0.29) is 0 Å². The fraction of sp³-hybridized carbons (Fsp3) is 0.435. The predicted molar refractivity (Wildman–Crippen MR) is 111 cm³/mol. The zero-order valence-electron chi connectivity index (χ0n) is 16.4. The maximum absolute atomic E-state index is 5.94. The van der Waals surface area contributed by atoms with Crippen LogP contribution >= 0.6 is 0 Å². The van der Waals surface area contributed by atoms with Gasteiger partial charge in [0.05, 0.1) is 24.8 Å². The third-order valence-corrected chi connectivity index (χ3v) is 5.36. The molecule has 148 valence electrons. The Bertz CT molecular complexity index is 776. The van der Waals surface area contributed by atoms with Gasteiger partial charge >= 0.3 is 0 Å². The Balaban J connectivity index is 1.30. The van der Waals surface area contributed by atoms with E-state index in [0.717, 1.165) is 36.7 Å². The molecule has 0 amide bonds. The summed E-state index contributed by atoms with van der Waals surface area (Å²) in [5, 5.41) is 6.91. The lowest BCUT2D eigenvalue weighted by molar-refractivity contribution is 0.0992. The van der Waals surface area contributed by atoms with Gasteiger partial charge in [-0.2, -0.15) is 0 Å². The van der Waals surface area contributed by atoms with Crippen LogP contribution in [-0.4, -0.2) is 30.8 Å². The van der Waals surface area contributed by atoms with Crippen molar-refractivity contribution in [2.45, 2.75) is 57.6 Å². The highest BCUT2D eigenvalue weighted by Gasteiger charge is 2.41. The first-order valence-electron chi connectivity index (χ1n) is 10.3. The minimum Gasteiger partial charge on any atom is -0.489 e. The van der Waals surface area contributed by atoms with E-state index in [1.54, 1.807) is 0 Å². The van der Waals surface area contributed by atoms with Crippen LogP contribution in [0.1, 0.15) is 37.3 Å². The molecule has 2 N–H and O–H groups in total. The molecule has 0 radical (unpaired) electrons. The molecule has 2 aliphatic heterocycles. The van der Waals surface area contributed by atoms with E-state index >= 15 is 0 Å². The highest BCUT2D eigenvalue weighted by molar-refractivity contribution is 5.80.